The van der Waals surface area contributed by atoms with Gasteiger partial charge in [-0.1, -0.05) is 29.8 Å². The number of carbonyl (C=O) groups is 1. The maximum absolute atomic E-state index is 13.9. The van der Waals surface area contributed by atoms with Gasteiger partial charge in [-0.25, -0.2) is 4.98 Å². The van der Waals surface area contributed by atoms with Crippen LogP contribution in [0.15, 0.2) is 61.2 Å². The van der Waals surface area contributed by atoms with Crippen LogP contribution in [0, 0.1) is 0 Å². The zero-order chi connectivity index (χ0) is 26.4. The molecular formula is C27H27ClN8O2. The standard InChI is InChI=1S/C27H27ClN8O2/c1-33-25(7-8-30-33)32-24-10-21(22(28)12-29-24)19-9-23-27(37)36(20(16-38-3)15-35(23)13-19)14-18-6-4-5-17-11-31-34(2)26(17)18/h4-13,20H,14-16H2,1-3H3,(H,29,32)/t20-/m1/s1. The van der Waals surface area contributed by atoms with Crippen LogP contribution in [-0.2, 0) is 31.9 Å². The SMILES string of the molecule is COC[C@H]1Cn2cc(-c3cc(Nc4ccnn4C)ncc3Cl)cc2C(=O)N1Cc1cccc2cnn(C)c12. The van der Waals surface area contributed by atoms with E-state index in [0.717, 1.165) is 33.4 Å². The van der Waals surface area contributed by atoms with Gasteiger partial charge in [-0.3, -0.25) is 14.2 Å². The number of para-hydroxylation sites is 1. The molecule has 38 heavy (non-hydrogen) atoms. The van der Waals surface area contributed by atoms with Gasteiger partial charge in [0, 0.05) is 69.3 Å². The number of hydrogen-bond acceptors (Lipinski definition) is 6. The highest BCUT2D eigenvalue weighted by Crippen LogP contribution is 2.34. The second-order valence-corrected chi connectivity index (χ2v) is 9.85. The molecule has 1 aliphatic rings. The first-order chi connectivity index (χ1) is 18.4. The number of nitrogens with zero attached hydrogens (tertiary/aromatic N) is 7. The number of amides is 1. The van der Waals surface area contributed by atoms with Gasteiger partial charge in [0.15, 0.2) is 0 Å². The number of aryl methyl sites for hydroxylation is 2. The summed E-state index contributed by atoms with van der Waals surface area (Å²) in [5.74, 6) is 1.38. The quantitative estimate of drug-likeness (QED) is 0.338. The maximum atomic E-state index is 13.9. The lowest BCUT2D eigenvalue weighted by molar-refractivity contribution is 0.0389. The third-order valence-electron chi connectivity index (χ3n) is 7.01. The van der Waals surface area contributed by atoms with E-state index in [0.29, 0.717) is 36.2 Å². The molecule has 1 aromatic carbocycles. The summed E-state index contributed by atoms with van der Waals surface area (Å²) in [6.07, 6.45) is 7.15. The minimum absolute atomic E-state index is 0.0536. The van der Waals surface area contributed by atoms with E-state index in [9.17, 15) is 4.79 Å². The molecule has 0 bridgehead atoms. The number of rotatable bonds is 7. The van der Waals surface area contributed by atoms with Crippen LogP contribution in [0.4, 0.5) is 11.6 Å². The topological polar surface area (TPSA) is 95.0 Å². The van der Waals surface area contributed by atoms with Crippen molar-refractivity contribution in [3.63, 3.8) is 0 Å². The third kappa shape index (κ3) is 4.21. The van der Waals surface area contributed by atoms with Crippen molar-refractivity contribution in [3.05, 3.63) is 77.5 Å². The van der Waals surface area contributed by atoms with Crippen molar-refractivity contribution in [2.75, 3.05) is 19.0 Å². The Morgan fingerprint density at radius 3 is 2.79 bits per heavy atom. The highest BCUT2D eigenvalue weighted by Gasteiger charge is 2.34. The van der Waals surface area contributed by atoms with Crippen LogP contribution < -0.4 is 5.32 Å². The molecule has 6 rings (SSSR count). The smallest absolute Gasteiger partial charge is 0.271 e. The number of benzene rings is 1. The Labute approximate surface area is 224 Å². The fourth-order valence-electron chi connectivity index (χ4n) is 5.15. The Morgan fingerprint density at radius 2 is 2.00 bits per heavy atom. The number of carbonyl (C=O) groups excluding carboxylic acids is 1. The van der Waals surface area contributed by atoms with Crippen LogP contribution in [0.2, 0.25) is 5.02 Å². The van der Waals surface area contributed by atoms with Crippen LogP contribution in [0.5, 0.6) is 0 Å². The molecular weight excluding hydrogens is 504 g/mol. The average Bonchev–Trinajstić information content (AvgIpc) is 3.62. The molecule has 5 heterocycles. The predicted octanol–water partition coefficient (Wildman–Crippen LogP) is 4.24. The van der Waals surface area contributed by atoms with E-state index in [1.165, 1.54) is 0 Å². The number of anilines is 2. The van der Waals surface area contributed by atoms with E-state index in [2.05, 4.69) is 20.5 Å². The van der Waals surface area contributed by atoms with Gasteiger partial charge in [0.05, 0.1) is 35.6 Å². The second kappa shape index (κ2) is 9.62. The molecule has 0 spiro atoms. The summed E-state index contributed by atoms with van der Waals surface area (Å²) >= 11 is 6.58. The summed E-state index contributed by atoms with van der Waals surface area (Å²) in [6, 6.07) is 11.6. The molecule has 4 aromatic heterocycles. The van der Waals surface area contributed by atoms with Gasteiger partial charge in [0.1, 0.15) is 17.3 Å². The lowest BCUT2D eigenvalue weighted by Gasteiger charge is -2.36. The van der Waals surface area contributed by atoms with Crippen molar-refractivity contribution in [2.45, 2.75) is 19.1 Å². The first kappa shape index (κ1) is 24.2. The van der Waals surface area contributed by atoms with Gasteiger partial charge in [-0.2, -0.15) is 10.2 Å². The number of hydrogen-bond donors (Lipinski definition) is 1. The Kier molecular flexibility index (Phi) is 6.13. The molecule has 0 fully saturated rings. The van der Waals surface area contributed by atoms with Crippen LogP contribution >= 0.6 is 11.6 Å². The molecule has 1 amide bonds. The number of nitrogens with one attached hydrogen (secondary N) is 1. The first-order valence-corrected chi connectivity index (χ1v) is 12.6. The largest absolute Gasteiger partial charge is 0.382 e. The molecule has 1 atom stereocenters. The summed E-state index contributed by atoms with van der Waals surface area (Å²) in [6.45, 7) is 1.49. The van der Waals surface area contributed by atoms with E-state index in [1.54, 1.807) is 24.2 Å². The maximum Gasteiger partial charge on any atom is 0.271 e. The van der Waals surface area contributed by atoms with Gasteiger partial charge < -0.3 is 19.5 Å². The lowest BCUT2D eigenvalue weighted by Crippen LogP contribution is -2.49. The van der Waals surface area contributed by atoms with E-state index in [-0.39, 0.29) is 11.9 Å². The monoisotopic (exact) mass is 530 g/mol. The molecule has 0 aliphatic carbocycles. The van der Waals surface area contributed by atoms with Gasteiger partial charge in [-0.05, 0) is 17.7 Å². The summed E-state index contributed by atoms with van der Waals surface area (Å²) in [4.78, 5) is 20.2. The summed E-state index contributed by atoms with van der Waals surface area (Å²) in [5, 5.41) is 13.4. The number of methoxy groups -OCH3 is 1. The van der Waals surface area contributed by atoms with Crippen molar-refractivity contribution < 1.29 is 9.53 Å². The van der Waals surface area contributed by atoms with Crippen molar-refractivity contribution in [1.82, 2.24) is 34.0 Å². The summed E-state index contributed by atoms with van der Waals surface area (Å²) in [5.41, 5.74) is 4.31. The Balaban J connectivity index is 1.34. The zero-order valence-corrected chi connectivity index (χ0v) is 22.1. The number of pyridine rings is 1. The van der Waals surface area contributed by atoms with Crippen LogP contribution in [0.3, 0.4) is 0 Å². The first-order valence-electron chi connectivity index (χ1n) is 12.2. The minimum Gasteiger partial charge on any atom is -0.382 e. The summed E-state index contributed by atoms with van der Waals surface area (Å²) in [7, 11) is 5.43. The van der Waals surface area contributed by atoms with Gasteiger partial charge >= 0.3 is 0 Å². The van der Waals surface area contributed by atoms with Crippen LogP contribution in [0.1, 0.15) is 16.1 Å². The van der Waals surface area contributed by atoms with Crippen molar-refractivity contribution in [2.24, 2.45) is 14.1 Å². The highest BCUT2D eigenvalue weighted by molar-refractivity contribution is 6.33. The fraction of sp³-hybridized carbons (Fsp3) is 0.259. The van der Waals surface area contributed by atoms with Gasteiger partial charge in [0.2, 0.25) is 0 Å². The normalized spacial score (nSPS) is 15.3. The van der Waals surface area contributed by atoms with Gasteiger partial charge in [0.25, 0.3) is 5.91 Å². The van der Waals surface area contributed by atoms with Crippen molar-refractivity contribution >= 4 is 40.0 Å². The predicted molar refractivity (Wildman–Crippen MR) is 145 cm³/mol. The highest BCUT2D eigenvalue weighted by atomic mass is 35.5. The molecule has 5 aromatic rings. The zero-order valence-electron chi connectivity index (χ0n) is 21.3. The molecule has 0 unspecified atom stereocenters. The molecule has 0 saturated carbocycles. The van der Waals surface area contributed by atoms with Crippen LogP contribution in [-0.4, -0.2) is 59.7 Å². The Bertz CT molecular complexity index is 1650. The number of ether oxygens (including phenoxy) is 1. The van der Waals surface area contributed by atoms with Gasteiger partial charge in [-0.15, -0.1) is 0 Å². The number of aromatic nitrogens is 6. The lowest BCUT2D eigenvalue weighted by atomic mass is 10.1. The third-order valence-corrected chi connectivity index (χ3v) is 7.31. The second-order valence-electron chi connectivity index (χ2n) is 9.45. The molecule has 11 heteroatoms. The van der Waals surface area contributed by atoms with E-state index >= 15 is 0 Å². The van der Waals surface area contributed by atoms with Crippen molar-refractivity contribution in [1.29, 1.82) is 0 Å². The number of halogens is 1. The van der Waals surface area contributed by atoms with Crippen LogP contribution in [0.25, 0.3) is 22.0 Å². The van der Waals surface area contributed by atoms with E-state index < -0.39 is 0 Å². The minimum atomic E-state index is -0.126. The molecule has 0 saturated heterocycles. The van der Waals surface area contributed by atoms with E-state index in [1.807, 2.05) is 77.0 Å². The van der Waals surface area contributed by atoms with E-state index in [4.69, 9.17) is 16.3 Å². The number of fused-ring (bicyclic) bond motifs is 2. The van der Waals surface area contributed by atoms with Crippen molar-refractivity contribution in [3.8, 4) is 11.1 Å². The summed E-state index contributed by atoms with van der Waals surface area (Å²) < 4.78 is 11.1. The molecule has 1 aliphatic heterocycles. The Hall–Kier alpha value is -4.15. The molecule has 10 nitrogen and oxygen atoms in total. The molecule has 0 radical (unpaired) electrons. The molecule has 1 N–H and O–H groups in total. The molecule has 194 valence electrons. The Morgan fingerprint density at radius 1 is 1.13 bits per heavy atom. The average molecular weight is 531 g/mol. The fourth-order valence-corrected chi connectivity index (χ4v) is 5.36.